The second-order valence-electron chi connectivity index (χ2n) is 6.00. The molecule has 9 nitrogen and oxygen atoms in total. The zero-order valence-corrected chi connectivity index (χ0v) is 15.9. The van der Waals surface area contributed by atoms with Crippen molar-refractivity contribution in [2.24, 2.45) is 0 Å². The van der Waals surface area contributed by atoms with Gasteiger partial charge < -0.3 is 10.1 Å². The van der Waals surface area contributed by atoms with Gasteiger partial charge in [-0.2, -0.15) is 10.4 Å². The number of non-ortho nitro benzene ring substituents is 1. The molecule has 0 radical (unpaired) electrons. The average molecular weight is 412 g/mol. The number of hydrogen-bond acceptors (Lipinski definition) is 6. The SMILES string of the molecule is Cc1ccc(Cl)c(OCn2ccc(C(=O)Nc3ccc([N+](=O)[O-])cc3C#N)n2)c1. The molecule has 1 amide bonds. The zero-order chi connectivity index (χ0) is 21.0. The molecule has 2 aromatic carbocycles. The first-order chi connectivity index (χ1) is 13.9. The summed E-state index contributed by atoms with van der Waals surface area (Å²) >= 11 is 6.08. The van der Waals surface area contributed by atoms with Gasteiger partial charge in [-0.3, -0.25) is 14.9 Å². The quantitative estimate of drug-likeness (QED) is 0.484. The Morgan fingerprint density at radius 1 is 1.34 bits per heavy atom. The minimum Gasteiger partial charge on any atom is -0.470 e. The minimum atomic E-state index is -0.616. The molecule has 1 N–H and O–H groups in total. The summed E-state index contributed by atoms with van der Waals surface area (Å²) in [6, 6.07) is 12.3. The number of nitrogens with one attached hydrogen (secondary N) is 1. The van der Waals surface area contributed by atoms with Crippen molar-refractivity contribution in [3.63, 3.8) is 0 Å². The fourth-order valence-electron chi connectivity index (χ4n) is 2.45. The maximum absolute atomic E-state index is 12.4. The lowest BCUT2D eigenvalue weighted by atomic mass is 10.1. The summed E-state index contributed by atoms with van der Waals surface area (Å²) in [4.78, 5) is 22.6. The highest BCUT2D eigenvalue weighted by atomic mass is 35.5. The van der Waals surface area contributed by atoms with Gasteiger partial charge in [0.15, 0.2) is 12.4 Å². The van der Waals surface area contributed by atoms with E-state index >= 15 is 0 Å². The van der Waals surface area contributed by atoms with Gasteiger partial charge in [-0.1, -0.05) is 17.7 Å². The topological polar surface area (TPSA) is 123 Å². The van der Waals surface area contributed by atoms with Crippen LogP contribution in [-0.2, 0) is 6.73 Å². The van der Waals surface area contributed by atoms with E-state index in [9.17, 15) is 14.9 Å². The van der Waals surface area contributed by atoms with Crippen LogP contribution in [0.1, 0.15) is 21.6 Å². The van der Waals surface area contributed by atoms with Crippen LogP contribution in [-0.4, -0.2) is 20.6 Å². The van der Waals surface area contributed by atoms with Crippen LogP contribution in [0.25, 0.3) is 0 Å². The third-order valence-corrected chi connectivity index (χ3v) is 4.21. The molecule has 0 bridgehead atoms. The van der Waals surface area contributed by atoms with Gasteiger partial charge in [0.25, 0.3) is 11.6 Å². The van der Waals surface area contributed by atoms with Crippen molar-refractivity contribution in [1.82, 2.24) is 9.78 Å². The van der Waals surface area contributed by atoms with Gasteiger partial charge in [0, 0.05) is 18.3 Å². The predicted molar refractivity (Wildman–Crippen MR) is 105 cm³/mol. The molecule has 0 saturated carbocycles. The summed E-state index contributed by atoms with van der Waals surface area (Å²) in [5.74, 6) is -0.0691. The van der Waals surface area contributed by atoms with E-state index in [0.29, 0.717) is 10.8 Å². The van der Waals surface area contributed by atoms with Gasteiger partial charge in [-0.05, 0) is 36.8 Å². The van der Waals surface area contributed by atoms with Crippen LogP contribution in [0.5, 0.6) is 5.75 Å². The number of carbonyl (C=O) groups is 1. The molecule has 3 aromatic rings. The fraction of sp³-hybridized carbons (Fsp3) is 0.105. The molecular weight excluding hydrogens is 398 g/mol. The van der Waals surface area contributed by atoms with E-state index in [1.54, 1.807) is 18.3 Å². The second kappa shape index (κ2) is 8.41. The molecule has 146 valence electrons. The third-order valence-electron chi connectivity index (χ3n) is 3.89. The highest BCUT2D eigenvalue weighted by Gasteiger charge is 2.15. The average Bonchev–Trinajstić information content (AvgIpc) is 3.18. The number of nitrogens with zero attached hydrogens (tertiary/aromatic N) is 4. The lowest BCUT2D eigenvalue weighted by molar-refractivity contribution is -0.384. The fourth-order valence-corrected chi connectivity index (χ4v) is 2.62. The molecule has 1 aromatic heterocycles. The highest BCUT2D eigenvalue weighted by Crippen LogP contribution is 2.25. The molecule has 29 heavy (non-hydrogen) atoms. The van der Waals surface area contributed by atoms with Crippen molar-refractivity contribution in [3.05, 3.63) is 80.6 Å². The molecular formula is C19H14ClN5O4. The van der Waals surface area contributed by atoms with Crippen molar-refractivity contribution in [2.75, 3.05) is 5.32 Å². The number of anilines is 1. The largest absolute Gasteiger partial charge is 0.470 e. The van der Waals surface area contributed by atoms with Crippen LogP contribution in [0.2, 0.25) is 5.02 Å². The Balaban J connectivity index is 1.69. The van der Waals surface area contributed by atoms with E-state index in [0.717, 1.165) is 11.6 Å². The number of ether oxygens (including phenoxy) is 1. The zero-order valence-electron chi connectivity index (χ0n) is 15.1. The standard InChI is InChI=1S/C19H14ClN5O4/c1-12-2-4-15(20)18(8-12)29-11-24-7-6-17(23-24)19(26)22-16-5-3-14(25(27)28)9-13(16)10-21/h2-9H,11H2,1H3,(H,22,26). The number of rotatable bonds is 6. The number of amides is 1. The van der Waals surface area contributed by atoms with Crippen molar-refractivity contribution in [2.45, 2.75) is 13.7 Å². The summed E-state index contributed by atoms with van der Waals surface area (Å²) < 4.78 is 7.03. The maximum atomic E-state index is 12.4. The summed E-state index contributed by atoms with van der Waals surface area (Å²) in [6.45, 7) is 1.95. The van der Waals surface area contributed by atoms with E-state index in [-0.39, 0.29) is 29.4 Å². The van der Waals surface area contributed by atoms with Gasteiger partial charge in [-0.15, -0.1) is 0 Å². The summed E-state index contributed by atoms with van der Waals surface area (Å²) in [5.41, 5.74) is 0.966. The molecule has 0 atom stereocenters. The Morgan fingerprint density at radius 3 is 2.86 bits per heavy atom. The first-order valence-corrected chi connectivity index (χ1v) is 8.67. The van der Waals surface area contributed by atoms with Crippen LogP contribution in [0, 0.1) is 28.4 Å². The van der Waals surface area contributed by atoms with E-state index in [2.05, 4.69) is 10.4 Å². The lowest BCUT2D eigenvalue weighted by Gasteiger charge is -2.09. The van der Waals surface area contributed by atoms with Crippen LogP contribution >= 0.6 is 11.6 Å². The van der Waals surface area contributed by atoms with Crippen molar-refractivity contribution in [3.8, 4) is 11.8 Å². The Kier molecular flexibility index (Phi) is 5.76. The number of aryl methyl sites for hydroxylation is 1. The second-order valence-corrected chi connectivity index (χ2v) is 6.41. The number of nitro groups is 1. The van der Waals surface area contributed by atoms with Gasteiger partial charge in [0.1, 0.15) is 11.8 Å². The molecule has 10 heteroatoms. The number of nitriles is 1. The molecule has 0 spiro atoms. The van der Waals surface area contributed by atoms with Gasteiger partial charge in [-0.25, -0.2) is 4.68 Å². The normalized spacial score (nSPS) is 10.2. The minimum absolute atomic E-state index is 0.0237. The summed E-state index contributed by atoms with van der Waals surface area (Å²) in [7, 11) is 0. The molecule has 1 heterocycles. The van der Waals surface area contributed by atoms with Crippen LogP contribution in [0.3, 0.4) is 0 Å². The van der Waals surface area contributed by atoms with E-state index < -0.39 is 10.8 Å². The number of benzene rings is 2. The van der Waals surface area contributed by atoms with Crippen LogP contribution < -0.4 is 10.1 Å². The van der Waals surface area contributed by atoms with Crippen LogP contribution in [0.15, 0.2) is 48.7 Å². The van der Waals surface area contributed by atoms with E-state index in [1.807, 2.05) is 19.1 Å². The molecule has 0 fully saturated rings. The smallest absolute Gasteiger partial charge is 0.276 e. The number of halogens is 1. The summed E-state index contributed by atoms with van der Waals surface area (Å²) in [5, 5.41) is 27.1. The predicted octanol–water partition coefficient (Wildman–Crippen LogP) is 3.91. The molecule has 0 aliphatic heterocycles. The number of carbonyl (C=O) groups excluding carboxylic acids is 1. The molecule has 0 unspecified atom stereocenters. The molecule has 0 aliphatic rings. The van der Waals surface area contributed by atoms with Crippen LogP contribution in [0.4, 0.5) is 11.4 Å². The van der Waals surface area contributed by atoms with Gasteiger partial charge in [0.05, 0.1) is 21.2 Å². The van der Waals surface area contributed by atoms with Gasteiger partial charge in [0.2, 0.25) is 0 Å². The van der Waals surface area contributed by atoms with Crippen molar-refractivity contribution < 1.29 is 14.5 Å². The Morgan fingerprint density at radius 2 is 2.14 bits per heavy atom. The first-order valence-electron chi connectivity index (χ1n) is 8.29. The Labute approximate surface area is 170 Å². The molecule has 0 aliphatic carbocycles. The number of hydrogen-bond donors (Lipinski definition) is 1. The Bertz CT molecular complexity index is 1140. The van der Waals surface area contributed by atoms with E-state index in [1.165, 1.54) is 22.9 Å². The highest BCUT2D eigenvalue weighted by molar-refractivity contribution is 6.32. The molecule has 0 saturated heterocycles. The van der Waals surface area contributed by atoms with E-state index in [4.69, 9.17) is 21.6 Å². The van der Waals surface area contributed by atoms with Gasteiger partial charge >= 0.3 is 0 Å². The van der Waals surface area contributed by atoms with Crippen molar-refractivity contribution >= 4 is 28.9 Å². The maximum Gasteiger partial charge on any atom is 0.276 e. The first kappa shape index (κ1) is 19.9. The molecule has 3 rings (SSSR count). The third kappa shape index (κ3) is 4.69. The number of nitro benzene ring substituents is 1. The monoisotopic (exact) mass is 411 g/mol. The Hall–Kier alpha value is -3.90. The van der Waals surface area contributed by atoms with Crippen molar-refractivity contribution in [1.29, 1.82) is 5.26 Å². The number of aromatic nitrogens is 2. The lowest BCUT2D eigenvalue weighted by Crippen LogP contribution is -2.15. The summed E-state index contributed by atoms with van der Waals surface area (Å²) in [6.07, 6.45) is 1.56.